The highest BCUT2D eigenvalue weighted by Crippen LogP contribution is 1.82. The first-order valence-corrected chi connectivity index (χ1v) is 3.74. The summed E-state index contributed by atoms with van der Waals surface area (Å²) in [6, 6.07) is 5.72. The van der Waals surface area contributed by atoms with Crippen LogP contribution in [0.15, 0.2) is 30.6 Å². The number of halogens is 2. The van der Waals surface area contributed by atoms with Gasteiger partial charge in [-0.2, -0.15) is 0 Å². The summed E-state index contributed by atoms with van der Waals surface area (Å²) in [5.74, 6) is 0. The van der Waals surface area contributed by atoms with Gasteiger partial charge in [0.2, 0.25) is 0 Å². The summed E-state index contributed by atoms with van der Waals surface area (Å²) in [6.45, 7) is -0.528. The van der Waals surface area contributed by atoms with E-state index in [1.165, 1.54) is 0 Å². The molecule has 0 saturated heterocycles. The Balaban J connectivity index is 0. The minimum atomic E-state index is -2.34. The molecule has 1 rings (SSSR count). The van der Waals surface area contributed by atoms with E-state index in [1.807, 2.05) is 18.2 Å². The molecule has 0 aromatic carbocycles. The number of hydrogen-bond acceptors (Lipinski definition) is 4. The molecule has 0 amide bonds. The molecule has 0 spiro atoms. The molecule has 4 nitrogen and oxygen atoms in total. The predicted molar refractivity (Wildman–Crippen MR) is 50.9 cm³/mol. The van der Waals surface area contributed by atoms with Gasteiger partial charge < -0.3 is 15.8 Å². The number of nitrogens with zero attached hydrogens (tertiary/aromatic N) is 1. The van der Waals surface area contributed by atoms with Gasteiger partial charge in [0, 0.05) is 12.4 Å². The van der Waals surface area contributed by atoms with E-state index in [9.17, 15) is 8.78 Å². The summed E-state index contributed by atoms with van der Waals surface area (Å²) in [5, 5.41) is 14.2. The van der Waals surface area contributed by atoms with Gasteiger partial charge in [0.1, 0.15) is 0 Å². The third-order valence-corrected chi connectivity index (χ3v) is 0.745. The lowest BCUT2D eigenvalue weighted by atomic mass is 10.5. The van der Waals surface area contributed by atoms with Gasteiger partial charge in [0.05, 0.1) is 6.54 Å². The van der Waals surface area contributed by atoms with Crippen LogP contribution in [0.25, 0.3) is 0 Å². The zero-order chi connectivity index (χ0) is 11.2. The van der Waals surface area contributed by atoms with Crippen molar-refractivity contribution in [1.82, 2.24) is 4.98 Å². The zero-order valence-electron chi connectivity index (χ0n) is 7.55. The third kappa shape index (κ3) is 22.4. The Bertz CT molecular complexity index is 154. The van der Waals surface area contributed by atoms with Crippen molar-refractivity contribution in [3.05, 3.63) is 30.6 Å². The van der Waals surface area contributed by atoms with Gasteiger partial charge in [0.15, 0.2) is 0 Å². The van der Waals surface area contributed by atoms with Crippen LogP contribution in [0.1, 0.15) is 0 Å². The van der Waals surface area contributed by atoms with Gasteiger partial charge in [-0.3, -0.25) is 4.98 Å². The first kappa shape index (κ1) is 15.4. The fourth-order valence-electron chi connectivity index (χ4n) is 0.313. The molecule has 0 aliphatic heterocycles. The Morgan fingerprint density at radius 2 is 1.57 bits per heavy atom. The number of rotatable bonds is 1. The second-order valence-electron chi connectivity index (χ2n) is 1.79. The third-order valence-electron chi connectivity index (χ3n) is 0.745. The van der Waals surface area contributed by atoms with E-state index >= 15 is 0 Å². The summed E-state index contributed by atoms with van der Waals surface area (Å²) in [6.07, 6.45) is 1.16. The molecule has 1 aromatic rings. The van der Waals surface area contributed by atoms with Crippen molar-refractivity contribution in [2.24, 2.45) is 5.73 Å². The van der Waals surface area contributed by atoms with E-state index in [2.05, 4.69) is 10.7 Å². The number of nitrogens with two attached hydrogens (primary N) is 1. The minimum absolute atomic E-state index is 0.528. The molecule has 0 atom stereocenters. The summed E-state index contributed by atoms with van der Waals surface area (Å²) >= 11 is 0. The van der Waals surface area contributed by atoms with Gasteiger partial charge in [-0.1, -0.05) is 6.07 Å². The summed E-state index contributed by atoms with van der Waals surface area (Å²) in [4.78, 5) is 3.78. The number of alkyl halides is 2. The molecule has 0 aliphatic rings. The Hall–Kier alpha value is -1.05. The normalized spacial score (nSPS) is 7.86. The maximum absolute atomic E-state index is 10.6. The topological polar surface area (TPSA) is 79.4 Å². The highest BCUT2D eigenvalue weighted by molar-refractivity contribution is 6.13. The highest BCUT2D eigenvalue weighted by Gasteiger charge is 1.91. The van der Waals surface area contributed by atoms with Crippen molar-refractivity contribution in [2.75, 3.05) is 6.54 Å². The van der Waals surface area contributed by atoms with E-state index in [-0.39, 0.29) is 0 Å². The quantitative estimate of drug-likeness (QED) is 0.542. The molecular weight excluding hydrogens is 193 g/mol. The van der Waals surface area contributed by atoms with Crippen LogP contribution in [0.2, 0.25) is 0 Å². The number of hydrogen-bond donors (Lipinski definition) is 3. The Morgan fingerprint density at radius 1 is 1.21 bits per heavy atom. The molecule has 0 saturated carbocycles. The number of aromatic nitrogens is 1. The van der Waals surface area contributed by atoms with Crippen molar-refractivity contribution in [2.45, 2.75) is 6.43 Å². The first-order valence-electron chi connectivity index (χ1n) is 3.74. The van der Waals surface area contributed by atoms with Gasteiger partial charge in [-0.15, -0.1) is 0 Å². The van der Waals surface area contributed by atoms with Gasteiger partial charge in [-0.25, -0.2) is 8.78 Å². The van der Waals surface area contributed by atoms with Crippen LogP contribution >= 0.6 is 0 Å². The van der Waals surface area contributed by atoms with Crippen LogP contribution in [-0.4, -0.2) is 35.7 Å². The van der Waals surface area contributed by atoms with Crippen LogP contribution in [0.4, 0.5) is 8.78 Å². The predicted octanol–water partition coefficient (Wildman–Crippen LogP) is -0.471. The smallest absolute Gasteiger partial charge is 0.430 e. The summed E-state index contributed by atoms with van der Waals surface area (Å²) in [5.41, 5.74) is 4.42. The van der Waals surface area contributed by atoms with E-state index in [4.69, 9.17) is 10.0 Å². The lowest BCUT2D eigenvalue weighted by molar-refractivity contribution is 0.158. The second kappa shape index (κ2) is 14.5. The van der Waals surface area contributed by atoms with Crippen LogP contribution in [-0.2, 0) is 0 Å². The van der Waals surface area contributed by atoms with E-state index < -0.39 is 20.7 Å². The molecule has 0 fully saturated rings. The lowest BCUT2D eigenvalue weighted by Crippen LogP contribution is -2.08. The molecule has 4 N–H and O–H groups in total. The van der Waals surface area contributed by atoms with E-state index in [1.54, 1.807) is 12.4 Å². The van der Waals surface area contributed by atoms with Crippen molar-refractivity contribution in [3.8, 4) is 0 Å². The molecule has 0 bridgehead atoms. The van der Waals surface area contributed by atoms with Gasteiger partial charge in [0.25, 0.3) is 6.43 Å². The van der Waals surface area contributed by atoms with Crippen LogP contribution in [0.5, 0.6) is 0 Å². The monoisotopic (exact) mass is 206 g/mol. The molecule has 7 heteroatoms. The molecule has 0 aliphatic carbocycles. The molecular formula is C7H13BF2N2O2. The maximum atomic E-state index is 10.6. The molecule has 1 aromatic heterocycles. The lowest BCUT2D eigenvalue weighted by Gasteiger charge is -1.82. The molecule has 0 radical (unpaired) electrons. The fourth-order valence-corrected chi connectivity index (χ4v) is 0.313. The number of pyridine rings is 1. The molecule has 14 heavy (non-hydrogen) atoms. The summed E-state index contributed by atoms with van der Waals surface area (Å²) in [7, 11) is -0.750. The Kier molecular flexibility index (Phi) is 16.0. The maximum Gasteiger partial charge on any atom is 0.432 e. The average Bonchev–Trinajstić information content (AvgIpc) is 2.22. The van der Waals surface area contributed by atoms with Crippen LogP contribution in [0, 0.1) is 0 Å². The van der Waals surface area contributed by atoms with E-state index in [0.29, 0.717) is 0 Å². The molecule has 0 unspecified atom stereocenters. The SMILES string of the molecule is NCC(F)F.OBO.c1ccncc1. The molecule has 80 valence electrons. The van der Waals surface area contributed by atoms with Gasteiger partial charge >= 0.3 is 7.69 Å². The van der Waals surface area contributed by atoms with E-state index in [0.717, 1.165) is 0 Å². The average molecular weight is 206 g/mol. The summed E-state index contributed by atoms with van der Waals surface area (Å²) < 4.78 is 21.3. The van der Waals surface area contributed by atoms with Gasteiger partial charge in [-0.05, 0) is 12.1 Å². The fraction of sp³-hybridized carbons (Fsp3) is 0.286. The molecule has 1 heterocycles. The largest absolute Gasteiger partial charge is 0.432 e. The standard InChI is InChI=1S/C5H5N.C2H5F2N.BH3O2/c1-2-4-6-5-3-1;3-2(4)1-5;2-1-3/h1-5H;2H,1,5H2;1-3H. The van der Waals surface area contributed by atoms with Crippen molar-refractivity contribution >= 4 is 7.69 Å². The first-order chi connectivity index (χ1) is 6.68. The zero-order valence-corrected chi connectivity index (χ0v) is 7.55. The van der Waals surface area contributed by atoms with Crippen molar-refractivity contribution < 1.29 is 18.8 Å². The minimum Gasteiger partial charge on any atom is -0.430 e. The van der Waals surface area contributed by atoms with Crippen molar-refractivity contribution in [3.63, 3.8) is 0 Å². The van der Waals surface area contributed by atoms with Crippen LogP contribution in [0.3, 0.4) is 0 Å². The Labute approximate surface area is 81.7 Å². The second-order valence-corrected chi connectivity index (χ2v) is 1.79. The Morgan fingerprint density at radius 3 is 1.64 bits per heavy atom. The highest BCUT2D eigenvalue weighted by atomic mass is 19.3. The van der Waals surface area contributed by atoms with Crippen LogP contribution < -0.4 is 5.73 Å². The van der Waals surface area contributed by atoms with Crippen molar-refractivity contribution in [1.29, 1.82) is 0 Å².